The van der Waals surface area contributed by atoms with Gasteiger partial charge in [-0.2, -0.15) is 0 Å². The quantitative estimate of drug-likeness (QED) is 0.765. The first-order valence-electron chi connectivity index (χ1n) is 8.88. The van der Waals surface area contributed by atoms with Gasteiger partial charge in [0.05, 0.1) is 10.2 Å². The summed E-state index contributed by atoms with van der Waals surface area (Å²) in [5.74, 6) is -0.141. The van der Waals surface area contributed by atoms with E-state index in [-0.39, 0.29) is 10.8 Å². The van der Waals surface area contributed by atoms with Crippen molar-refractivity contribution in [2.45, 2.75) is 19.3 Å². The molecule has 1 aliphatic heterocycles. The SMILES string of the molecule is Cn1c(=O)sc2cc(NC(=O)c3ccc(N4CCCCC4)cc3)ccc21. The molecule has 1 fully saturated rings. The van der Waals surface area contributed by atoms with Gasteiger partial charge in [0, 0.05) is 37.1 Å². The van der Waals surface area contributed by atoms with Crippen LogP contribution in [0.5, 0.6) is 0 Å². The molecule has 1 N–H and O–H groups in total. The molecule has 3 aromatic rings. The number of aromatic nitrogens is 1. The molecule has 26 heavy (non-hydrogen) atoms. The third-order valence-corrected chi connectivity index (χ3v) is 5.90. The molecule has 134 valence electrons. The first-order chi connectivity index (χ1) is 12.6. The maximum atomic E-state index is 12.5. The summed E-state index contributed by atoms with van der Waals surface area (Å²) < 4.78 is 2.49. The molecule has 1 aromatic heterocycles. The van der Waals surface area contributed by atoms with E-state index in [1.54, 1.807) is 11.6 Å². The van der Waals surface area contributed by atoms with Crippen molar-refractivity contribution in [2.24, 2.45) is 7.05 Å². The third-order valence-electron chi connectivity index (χ3n) is 4.90. The number of anilines is 2. The van der Waals surface area contributed by atoms with Crippen molar-refractivity contribution >= 4 is 38.8 Å². The highest BCUT2D eigenvalue weighted by Gasteiger charge is 2.13. The zero-order valence-electron chi connectivity index (χ0n) is 14.7. The molecular formula is C20H21N3O2S. The van der Waals surface area contributed by atoms with Gasteiger partial charge in [0.25, 0.3) is 5.91 Å². The molecule has 0 bridgehead atoms. The van der Waals surface area contributed by atoms with Gasteiger partial charge in [-0.3, -0.25) is 9.59 Å². The summed E-state index contributed by atoms with van der Waals surface area (Å²) in [6, 6.07) is 13.3. The Balaban J connectivity index is 1.50. The molecule has 0 spiro atoms. The fourth-order valence-electron chi connectivity index (χ4n) is 3.39. The standard InChI is InChI=1S/C20H21N3O2S/c1-22-17-10-7-15(13-18(17)26-20(22)25)21-19(24)14-5-8-16(9-6-14)23-11-3-2-4-12-23/h5-10,13H,2-4,11-12H2,1H3,(H,21,24). The predicted molar refractivity (Wildman–Crippen MR) is 108 cm³/mol. The largest absolute Gasteiger partial charge is 0.372 e. The number of hydrogen-bond acceptors (Lipinski definition) is 4. The van der Waals surface area contributed by atoms with Gasteiger partial charge >= 0.3 is 4.87 Å². The minimum absolute atomic E-state index is 0.00298. The fraction of sp³-hybridized carbons (Fsp3) is 0.300. The molecule has 1 aliphatic rings. The van der Waals surface area contributed by atoms with E-state index in [4.69, 9.17) is 0 Å². The van der Waals surface area contributed by atoms with Crippen LogP contribution in [0.4, 0.5) is 11.4 Å². The molecule has 2 heterocycles. The van der Waals surface area contributed by atoms with Crippen molar-refractivity contribution in [3.05, 3.63) is 57.7 Å². The van der Waals surface area contributed by atoms with Crippen LogP contribution in [-0.2, 0) is 7.05 Å². The van der Waals surface area contributed by atoms with Gasteiger partial charge in [-0.05, 0) is 61.7 Å². The van der Waals surface area contributed by atoms with Crippen molar-refractivity contribution in [1.29, 1.82) is 0 Å². The van der Waals surface area contributed by atoms with E-state index < -0.39 is 0 Å². The Bertz CT molecular complexity index is 998. The van der Waals surface area contributed by atoms with Crippen molar-refractivity contribution < 1.29 is 4.79 Å². The van der Waals surface area contributed by atoms with Crippen LogP contribution in [0.2, 0.25) is 0 Å². The molecule has 5 nitrogen and oxygen atoms in total. The van der Waals surface area contributed by atoms with Gasteiger partial charge in [-0.25, -0.2) is 0 Å². The lowest BCUT2D eigenvalue weighted by atomic mass is 10.1. The van der Waals surface area contributed by atoms with Crippen LogP contribution in [0.25, 0.3) is 10.2 Å². The van der Waals surface area contributed by atoms with Crippen LogP contribution in [-0.4, -0.2) is 23.6 Å². The molecule has 1 saturated heterocycles. The number of carbonyl (C=O) groups is 1. The highest BCUT2D eigenvalue weighted by Crippen LogP contribution is 2.23. The minimum Gasteiger partial charge on any atom is -0.372 e. The number of hydrogen-bond donors (Lipinski definition) is 1. The van der Waals surface area contributed by atoms with Crippen LogP contribution in [0.3, 0.4) is 0 Å². The number of rotatable bonds is 3. The number of nitrogens with one attached hydrogen (secondary N) is 1. The van der Waals surface area contributed by atoms with Gasteiger partial charge < -0.3 is 14.8 Å². The van der Waals surface area contributed by atoms with Gasteiger partial charge in [-0.15, -0.1) is 0 Å². The molecule has 2 aromatic carbocycles. The topological polar surface area (TPSA) is 54.3 Å². The fourth-order valence-corrected chi connectivity index (χ4v) is 4.31. The molecule has 1 amide bonds. The zero-order valence-corrected chi connectivity index (χ0v) is 15.5. The Labute approximate surface area is 155 Å². The highest BCUT2D eigenvalue weighted by molar-refractivity contribution is 7.16. The molecule has 0 radical (unpaired) electrons. The summed E-state index contributed by atoms with van der Waals surface area (Å²) in [6.45, 7) is 2.18. The molecule has 6 heteroatoms. The number of fused-ring (bicyclic) bond motifs is 1. The van der Waals surface area contributed by atoms with E-state index in [0.29, 0.717) is 11.3 Å². The van der Waals surface area contributed by atoms with E-state index in [1.165, 1.54) is 36.3 Å². The normalized spacial score (nSPS) is 14.6. The first-order valence-corrected chi connectivity index (χ1v) is 9.69. The average Bonchev–Trinajstić information content (AvgIpc) is 2.96. The number of thiazole rings is 1. The third kappa shape index (κ3) is 3.24. The number of benzene rings is 2. The van der Waals surface area contributed by atoms with Crippen molar-refractivity contribution in [2.75, 3.05) is 23.3 Å². The number of aryl methyl sites for hydroxylation is 1. The lowest BCUT2D eigenvalue weighted by Gasteiger charge is -2.28. The van der Waals surface area contributed by atoms with Crippen LogP contribution in [0.1, 0.15) is 29.6 Å². The van der Waals surface area contributed by atoms with E-state index in [1.807, 2.05) is 42.5 Å². The summed E-state index contributed by atoms with van der Waals surface area (Å²) in [6.07, 6.45) is 3.77. The Morgan fingerprint density at radius 1 is 1.04 bits per heavy atom. The Hall–Kier alpha value is -2.60. The summed E-state index contributed by atoms with van der Waals surface area (Å²) in [7, 11) is 1.75. The lowest BCUT2D eigenvalue weighted by molar-refractivity contribution is 0.102. The van der Waals surface area contributed by atoms with Crippen molar-refractivity contribution in [3.63, 3.8) is 0 Å². The van der Waals surface area contributed by atoms with E-state index in [9.17, 15) is 9.59 Å². The summed E-state index contributed by atoms with van der Waals surface area (Å²) in [5.41, 5.74) is 3.39. The second-order valence-corrected chi connectivity index (χ2v) is 7.65. The summed E-state index contributed by atoms with van der Waals surface area (Å²) in [4.78, 5) is 26.6. The van der Waals surface area contributed by atoms with E-state index in [0.717, 1.165) is 23.3 Å². The molecule has 4 rings (SSSR count). The Kier molecular flexibility index (Phi) is 4.51. The Morgan fingerprint density at radius 3 is 2.50 bits per heavy atom. The maximum Gasteiger partial charge on any atom is 0.307 e. The van der Waals surface area contributed by atoms with Crippen molar-refractivity contribution in [3.8, 4) is 0 Å². The monoisotopic (exact) mass is 367 g/mol. The van der Waals surface area contributed by atoms with Crippen LogP contribution in [0.15, 0.2) is 47.3 Å². The minimum atomic E-state index is -0.141. The lowest BCUT2D eigenvalue weighted by Crippen LogP contribution is -2.29. The first kappa shape index (κ1) is 16.8. The second-order valence-electron chi connectivity index (χ2n) is 6.66. The Morgan fingerprint density at radius 2 is 1.77 bits per heavy atom. The van der Waals surface area contributed by atoms with Gasteiger partial charge in [0.2, 0.25) is 0 Å². The van der Waals surface area contributed by atoms with Crippen molar-refractivity contribution in [1.82, 2.24) is 4.57 Å². The number of piperidine rings is 1. The molecule has 0 unspecified atom stereocenters. The van der Waals surface area contributed by atoms with Crippen LogP contribution in [0, 0.1) is 0 Å². The van der Waals surface area contributed by atoms with Crippen LogP contribution < -0.4 is 15.1 Å². The van der Waals surface area contributed by atoms with Gasteiger partial charge in [0.1, 0.15) is 0 Å². The zero-order chi connectivity index (χ0) is 18.1. The molecule has 0 atom stereocenters. The van der Waals surface area contributed by atoms with E-state index in [2.05, 4.69) is 10.2 Å². The number of nitrogens with zero attached hydrogens (tertiary/aromatic N) is 2. The predicted octanol–water partition coefficient (Wildman–Crippen LogP) is 3.84. The van der Waals surface area contributed by atoms with Gasteiger partial charge in [-0.1, -0.05) is 11.3 Å². The maximum absolute atomic E-state index is 12.5. The smallest absolute Gasteiger partial charge is 0.307 e. The molecule has 0 aliphatic carbocycles. The molecule has 0 saturated carbocycles. The molecular weight excluding hydrogens is 346 g/mol. The van der Waals surface area contributed by atoms with E-state index >= 15 is 0 Å². The number of carbonyl (C=O) groups excluding carboxylic acids is 1. The van der Waals surface area contributed by atoms with Gasteiger partial charge in [0.15, 0.2) is 0 Å². The highest BCUT2D eigenvalue weighted by atomic mass is 32.1. The van der Waals surface area contributed by atoms with Crippen LogP contribution >= 0.6 is 11.3 Å². The average molecular weight is 367 g/mol. The number of amides is 1. The summed E-state index contributed by atoms with van der Waals surface area (Å²) >= 11 is 1.18. The summed E-state index contributed by atoms with van der Waals surface area (Å²) in [5, 5.41) is 2.92. The second kappa shape index (κ2) is 6.96.